The van der Waals surface area contributed by atoms with Gasteiger partial charge in [0.25, 0.3) is 5.91 Å². The van der Waals surface area contributed by atoms with Crippen molar-refractivity contribution in [3.63, 3.8) is 0 Å². The average molecular weight is 309 g/mol. The molecule has 0 bridgehead atoms. The van der Waals surface area contributed by atoms with E-state index in [9.17, 15) is 4.79 Å². The molecule has 23 heavy (non-hydrogen) atoms. The van der Waals surface area contributed by atoms with Gasteiger partial charge in [-0.05, 0) is 74.3 Å². The predicted molar refractivity (Wildman–Crippen MR) is 94.6 cm³/mol. The third kappa shape index (κ3) is 4.33. The lowest BCUT2D eigenvalue weighted by Crippen LogP contribution is -2.21. The van der Waals surface area contributed by atoms with E-state index in [4.69, 9.17) is 5.73 Å². The molecule has 0 saturated carbocycles. The van der Waals surface area contributed by atoms with Gasteiger partial charge in [0.15, 0.2) is 0 Å². The first-order valence-electron chi connectivity index (χ1n) is 8.19. The molecular weight excluding hydrogens is 286 g/mol. The maximum atomic E-state index is 12.2. The van der Waals surface area contributed by atoms with Gasteiger partial charge < -0.3 is 16.0 Å². The second-order valence-corrected chi connectivity index (χ2v) is 6.07. The van der Waals surface area contributed by atoms with E-state index >= 15 is 0 Å². The molecule has 2 aromatic carbocycles. The molecule has 1 saturated heterocycles. The van der Waals surface area contributed by atoms with E-state index < -0.39 is 0 Å². The number of nitrogens with one attached hydrogen (secondary N) is 1. The Balaban J connectivity index is 1.54. The quantitative estimate of drug-likeness (QED) is 0.834. The summed E-state index contributed by atoms with van der Waals surface area (Å²) in [5.41, 5.74) is 9.02. The number of nitrogens with two attached hydrogens (primary N) is 1. The summed E-state index contributed by atoms with van der Waals surface area (Å²) in [7, 11) is 0. The van der Waals surface area contributed by atoms with Crippen LogP contribution in [0.1, 0.15) is 28.8 Å². The van der Waals surface area contributed by atoms with Crippen LogP contribution in [-0.4, -0.2) is 30.4 Å². The van der Waals surface area contributed by atoms with Crippen LogP contribution in [-0.2, 0) is 6.42 Å². The van der Waals surface area contributed by atoms with Crippen molar-refractivity contribution in [3.05, 3.63) is 59.7 Å². The Hall–Kier alpha value is -2.33. The molecule has 1 aliphatic rings. The van der Waals surface area contributed by atoms with E-state index in [2.05, 4.69) is 22.3 Å². The number of carbonyl (C=O) groups is 1. The van der Waals surface area contributed by atoms with Crippen LogP contribution >= 0.6 is 0 Å². The number of anilines is 2. The van der Waals surface area contributed by atoms with Gasteiger partial charge >= 0.3 is 0 Å². The highest BCUT2D eigenvalue weighted by molar-refractivity contribution is 6.04. The molecule has 3 rings (SSSR count). The molecule has 0 unspecified atom stereocenters. The van der Waals surface area contributed by atoms with Gasteiger partial charge in [0.05, 0.1) is 0 Å². The lowest BCUT2D eigenvalue weighted by atomic mass is 10.1. The number of benzene rings is 2. The zero-order valence-corrected chi connectivity index (χ0v) is 13.3. The highest BCUT2D eigenvalue weighted by Gasteiger charge is 2.11. The third-order valence-electron chi connectivity index (χ3n) is 4.30. The van der Waals surface area contributed by atoms with Crippen molar-refractivity contribution in [1.82, 2.24) is 4.90 Å². The van der Waals surface area contributed by atoms with Crippen LogP contribution in [0, 0.1) is 0 Å². The van der Waals surface area contributed by atoms with Crippen molar-refractivity contribution in [1.29, 1.82) is 0 Å². The average Bonchev–Trinajstić information content (AvgIpc) is 3.08. The molecule has 0 aromatic heterocycles. The predicted octanol–water partition coefficient (Wildman–Crippen LogP) is 3.16. The molecule has 1 aliphatic heterocycles. The van der Waals surface area contributed by atoms with Gasteiger partial charge in [0.2, 0.25) is 0 Å². The molecule has 0 radical (unpaired) electrons. The molecule has 4 nitrogen and oxygen atoms in total. The van der Waals surface area contributed by atoms with Crippen LogP contribution in [0.25, 0.3) is 0 Å². The van der Waals surface area contributed by atoms with E-state index in [0.717, 1.165) is 18.7 Å². The summed E-state index contributed by atoms with van der Waals surface area (Å²) < 4.78 is 0. The number of amides is 1. The van der Waals surface area contributed by atoms with Gasteiger partial charge in [-0.25, -0.2) is 0 Å². The summed E-state index contributed by atoms with van der Waals surface area (Å²) in [5.74, 6) is -0.116. The van der Waals surface area contributed by atoms with E-state index in [1.807, 2.05) is 12.1 Å². The molecule has 4 heteroatoms. The van der Waals surface area contributed by atoms with Crippen molar-refractivity contribution in [2.24, 2.45) is 0 Å². The van der Waals surface area contributed by atoms with Gasteiger partial charge in [0, 0.05) is 23.5 Å². The monoisotopic (exact) mass is 309 g/mol. The fourth-order valence-electron chi connectivity index (χ4n) is 2.89. The Morgan fingerprint density at radius 3 is 2.30 bits per heavy atom. The van der Waals surface area contributed by atoms with Crippen LogP contribution in [0.2, 0.25) is 0 Å². The molecule has 1 heterocycles. The van der Waals surface area contributed by atoms with Gasteiger partial charge in [-0.2, -0.15) is 0 Å². The Bertz CT molecular complexity index is 643. The van der Waals surface area contributed by atoms with Gasteiger partial charge in [-0.1, -0.05) is 12.1 Å². The zero-order valence-electron chi connectivity index (χ0n) is 13.3. The van der Waals surface area contributed by atoms with Gasteiger partial charge in [-0.3, -0.25) is 4.79 Å². The summed E-state index contributed by atoms with van der Waals surface area (Å²) in [5, 5.41) is 2.91. The minimum atomic E-state index is -0.116. The van der Waals surface area contributed by atoms with E-state index in [1.54, 1.807) is 24.3 Å². The molecule has 2 aromatic rings. The van der Waals surface area contributed by atoms with Crippen LogP contribution < -0.4 is 11.1 Å². The maximum Gasteiger partial charge on any atom is 0.255 e. The molecule has 0 spiro atoms. The largest absolute Gasteiger partial charge is 0.399 e. The first-order chi connectivity index (χ1) is 11.2. The Labute approximate surface area is 137 Å². The molecule has 1 fully saturated rings. The van der Waals surface area contributed by atoms with E-state index in [-0.39, 0.29) is 5.91 Å². The Morgan fingerprint density at radius 2 is 1.65 bits per heavy atom. The number of rotatable bonds is 5. The zero-order chi connectivity index (χ0) is 16.1. The molecule has 0 atom stereocenters. The molecule has 1 amide bonds. The normalized spacial score (nSPS) is 14.8. The lowest BCUT2D eigenvalue weighted by Gasteiger charge is -2.14. The maximum absolute atomic E-state index is 12.2. The summed E-state index contributed by atoms with van der Waals surface area (Å²) in [4.78, 5) is 14.7. The molecule has 3 N–H and O–H groups in total. The fourth-order valence-corrected chi connectivity index (χ4v) is 2.89. The van der Waals surface area contributed by atoms with Crippen LogP contribution in [0.3, 0.4) is 0 Å². The van der Waals surface area contributed by atoms with Gasteiger partial charge in [-0.15, -0.1) is 0 Å². The smallest absolute Gasteiger partial charge is 0.255 e. The van der Waals surface area contributed by atoms with Crippen LogP contribution in [0.5, 0.6) is 0 Å². The number of hydrogen-bond donors (Lipinski definition) is 2. The third-order valence-corrected chi connectivity index (χ3v) is 4.30. The summed E-state index contributed by atoms with van der Waals surface area (Å²) in [6.07, 6.45) is 3.72. The fraction of sp³-hybridized carbons (Fsp3) is 0.316. The summed E-state index contributed by atoms with van der Waals surface area (Å²) in [6.45, 7) is 3.59. The molecule has 0 aliphatic carbocycles. The number of hydrogen-bond acceptors (Lipinski definition) is 3. The van der Waals surface area contributed by atoms with Crippen molar-refractivity contribution >= 4 is 17.3 Å². The Morgan fingerprint density at radius 1 is 1.00 bits per heavy atom. The first-order valence-corrected chi connectivity index (χ1v) is 8.19. The highest BCUT2D eigenvalue weighted by atomic mass is 16.1. The second-order valence-electron chi connectivity index (χ2n) is 6.07. The second kappa shape index (κ2) is 7.29. The topological polar surface area (TPSA) is 58.4 Å². The van der Waals surface area contributed by atoms with E-state index in [1.165, 1.54) is 31.5 Å². The number of nitrogens with zero attached hydrogens (tertiary/aromatic N) is 1. The summed E-state index contributed by atoms with van der Waals surface area (Å²) in [6, 6.07) is 15.0. The van der Waals surface area contributed by atoms with Gasteiger partial charge in [0.1, 0.15) is 0 Å². The van der Waals surface area contributed by atoms with Crippen LogP contribution in [0.15, 0.2) is 48.5 Å². The lowest BCUT2D eigenvalue weighted by molar-refractivity contribution is 0.102. The minimum Gasteiger partial charge on any atom is -0.399 e. The minimum absolute atomic E-state index is 0.116. The standard InChI is InChI=1S/C19H23N3O/c20-17-7-5-16(6-8-17)19(23)21-18-9-3-15(4-10-18)11-14-22-12-1-2-13-22/h3-10H,1-2,11-14,20H2,(H,21,23). The van der Waals surface area contributed by atoms with Crippen LogP contribution in [0.4, 0.5) is 11.4 Å². The molecule has 120 valence electrons. The van der Waals surface area contributed by atoms with Crippen molar-refractivity contribution in [3.8, 4) is 0 Å². The first kappa shape index (κ1) is 15.6. The number of carbonyl (C=O) groups excluding carboxylic acids is 1. The number of nitrogen functional groups attached to an aromatic ring is 1. The van der Waals surface area contributed by atoms with E-state index in [0.29, 0.717) is 11.3 Å². The van der Waals surface area contributed by atoms with Crippen molar-refractivity contribution in [2.45, 2.75) is 19.3 Å². The Kier molecular flexibility index (Phi) is 4.93. The SMILES string of the molecule is Nc1ccc(C(=O)Nc2ccc(CCN3CCCC3)cc2)cc1. The van der Waals surface area contributed by atoms with Crippen molar-refractivity contribution < 1.29 is 4.79 Å². The summed E-state index contributed by atoms with van der Waals surface area (Å²) >= 11 is 0. The highest BCUT2D eigenvalue weighted by Crippen LogP contribution is 2.14. The number of likely N-dealkylation sites (tertiary alicyclic amines) is 1. The molecular formula is C19H23N3O. The van der Waals surface area contributed by atoms with Crippen molar-refractivity contribution in [2.75, 3.05) is 30.7 Å².